The fourth-order valence-corrected chi connectivity index (χ4v) is 4.57. The lowest BCUT2D eigenvalue weighted by Gasteiger charge is -2.32. The lowest BCUT2D eigenvalue weighted by Crippen LogP contribution is -2.41. The molecule has 0 spiro atoms. The van der Waals surface area contributed by atoms with Gasteiger partial charge in [0, 0.05) is 19.5 Å². The van der Waals surface area contributed by atoms with E-state index in [9.17, 15) is 18.3 Å². The summed E-state index contributed by atoms with van der Waals surface area (Å²) >= 11 is 0. The Labute approximate surface area is 203 Å². The Bertz CT molecular complexity index is 1460. The number of fused-ring (bicyclic) bond motifs is 1. The summed E-state index contributed by atoms with van der Waals surface area (Å²) in [5.41, 5.74) is 1.48. The van der Waals surface area contributed by atoms with Crippen LogP contribution in [-0.4, -0.2) is 50.1 Å². The van der Waals surface area contributed by atoms with E-state index < -0.39 is 16.1 Å². The van der Waals surface area contributed by atoms with Gasteiger partial charge in [0.2, 0.25) is 0 Å². The van der Waals surface area contributed by atoms with Gasteiger partial charge in [-0.3, -0.25) is 4.79 Å². The number of furan rings is 1. The second-order valence-electron chi connectivity index (χ2n) is 9.52. The van der Waals surface area contributed by atoms with Crippen LogP contribution in [0.15, 0.2) is 61.9 Å². The summed E-state index contributed by atoms with van der Waals surface area (Å²) in [4.78, 5) is 13.7. The third-order valence-electron chi connectivity index (χ3n) is 5.52. The Hall–Kier alpha value is -3.86. The van der Waals surface area contributed by atoms with Crippen LogP contribution >= 0.6 is 0 Å². The maximum Gasteiger partial charge on any atom is 0.367 e. The highest BCUT2D eigenvalue weighted by molar-refractivity contribution is 7.89. The number of amidine groups is 2. The molecule has 0 aliphatic carbocycles. The molecule has 0 saturated heterocycles. The van der Waals surface area contributed by atoms with Crippen LogP contribution < -0.4 is 10.6 Å². The highest BCUT2D eigenvalue weighted by Gasteiger charge is 2.33. The molecule has 35 heavy (non-hydrogen) atoms. The number of amides is 1. The summed E-state index contributed by atoms with van der Waals surface area (Å²) in [5, 5.41) is 17.6. The average Bonchev–Trinajstić information content (AvgIpc) is 3.34. The molecule has 1 unspecified atom stereocenters. The molecular formula is C24H27N5O5S. The lowest BCUT2D eigenvalue weighted by atomic mass is 9.82. The van der Waals surface area contributed by atoms with Gasteiger partial charge in [-0.25, -0.2) is 0 Å². The topological polar surface area (TPSA) is 137 Å². The van der Waals surface area contributed by atoms with Crippen LogP contribution in [0.3, 0.4) is 0 Å². The molecule has 3 N–H and O–H groups in total. The Morgan fingerprint density at radius 2 is 1.80 bits per heavy atom. The molecule has 0 bridgehead atoms. The zero-order chi connectivity index (χ0) is 25.5. The summed E-state index contributed by atoms with van der Waals surface area (Å²) in [5.74, 6) is -0.814. The van der Waals surface area contributed by atoms with Crippen molar-refractivity contribution < 1.29 is 22.7 Å². The number of carbonyl (C=O) groups is 1. The number of phenols is 1. The van der Waals surface area contributed by atoms with E-state index in [-0.39, 0.29) is 40.1 Å². The first-order valence-corrected chi connectivity index (χ1v) is 12.2. The quantitative estimate of drug-likeness (QED) is 0.468. The van der Waals surface area contributed by atoms with Gasteiger partial charge in [-0.05, 0) is 41.3 Å². The number of hydrogen-bond donors (Lipinski definition) is 3. The van der Waals surface area contributed by atoms with Crippen molar-refractivity contribution in [2.75, 3.05) is 19.4 Å². The molecule has 1 aliphatic rings. The van der Waals surface area contributed by atoms with Gasteiger partial charge in [0.15, 0.2) is 17.4 Å². The maximum atomic E-state index is 12.4. The van der Waals surface area contributed by atoms with Gasteiger partial charge < -0.3 is 25.1 Å². The van der Waals surface area contributed by atoms with E-state index in [1.165, 1.54) is 17.0 Å². The highest BCUT2D eigenvalue weighted by Crippen LogP contribution is 2.35. The molecule has 1 aliphatic heterocycles. The van der Waals surface area contributed by atoms with Crippen LogP contribution in [0.1, 0.15) is 42.7 Å². The second kappa shape index (κ2) is 8.73. The number of rotatable bonds is 4. The molecule has 0 saturated carbocycles. The molecule has 1 amide bonds. The minimum atomic E-state index is -4.14. The summed E-state index contributed by atoms with van der Waals surface area (Å²) in [6.07, 6.45) is 1.61. The van der Waals surface area contributed by atoms with E-state index in [1.54, 1.807) is 26.4 Å². The molecule has 10 nitrogen and oxygen atoms in total. The second-order valence-corrected chi connectivity index (χ2v) is 10.8. The molecule has 3 aromatic rings. The van der Waals surface area contributed by atoms with E-state index in [0.29, 0.717) is 0 Å². The normalized spacial score (nSPS) is 15.9. The van der Waals surface area contributed by atoms with Crippen molar-refractivity contribution in [1.29, 1.82) is 0 Å². The maximum absolute atomic E-state index is 12.4. The number of anilines is 1. The van der Waals surface area contributed by atoms with Gasteiger partial charge in [-0.15, -0.1) is 8.80 Å². The molecule has 184 valence electrons. The van der Waals surface area contributed by atoms with Gasteiger partial charge in [0.05, 0.1) is 23.6 Å². The van der Waals surface area contributed by atoms with Gasteiger partial charge in [-0.2, -0.15) is 8.42 Å². The SMILES string of the molecule is CN(C)C(=O)c1cccc(NC2=NS(=O)(=O)N=C2NC(c2ccc3occc3c2)C(C)(C)C)c1O. The van der Waals surface area contributed by atoms with Crippen molar-refractivity contribution in [3.8, 4) is 5.75 Å². The molecule has 0 fully saturated rings. The Kier molecular flexibility index (Phi) is 6.05. The first-order chi connectivity index (χ1) is 16.4. The standard InChI is InChI=1S/C24H27N5O5S/c1-24(2,3)20(15-9-10-18-14(13-15)11-12-34-18)26-22-21(27-35(32,33)28-22)25-17-8-6-7-16(19(17)30)23(31)29(4)5/h6-13,20,30H,1-5H3,(H,25,27)(H,26,28). The van der Waals surface area contributed by atoms with Crippen molar-refractivity contribution in [2.45, 2.75) is 26.8 Å². The van der Waals surface area contributed by atoms with Crippen molar-refractivity contribution in [3.63, 3.8) is 0 Å². The largest absolute Gasteiger partial charge is 0.505 e. The van der Waals surface area contributed by atoms with Gasteiger partial charge in [0.25, 0.3) is 5.91 Å². The number of para-hydroxylation sites is 1. The Morgan fingerprint density at radius 1 is 1.09 bits per heavy atom. The molecule has 1 atom stereocenters. The fraction of sp³-hybridized carbons (Fsp3) is 0.292. The Morgan fingerprint density at radius 3 is 2.49 bits per heavy atom. The highest BCUT2D eigenvalue weighted by atomic mass is 32.2. The molecule has 0 radical (unpaired) electrons. The number of carbonyl (C=O) groups excluding carboxylic acids is 1. The van der Waals surface area contributed by atoms with E-state index in [0.717, 1.165) is 16.5 Å². The molecule has 4 rings (SSSR count). The zero-order valence-electron chi connectivity index (χ0n) is 20.0. The molecule has 1 aromatic heterocycles. The van der Waals surface area contributed by atoms with Crippen molar-refractivity contribution in [3.05, 3.63) is 59.9 Å². The predicted molar refractivity (Wildman–Crippen MR) is 135 cm³/mol. The van der Waals surface area contributed by atoms with Crippen LogP contribution in [0.5, 0.6) is 5.75 Å². The summed E-state index contributed by atoms with van der Waals surface area (Å²) < 4.78 is 37.5. The zero-order valence-corrected chi connectivity index (χ0v) is 20.8. The number of phenolic OH excluding ortho intramolecular Hbond substituents is 1. The number of hydrogen-bond acceptors (Lipinski definition) is 7. The first-order valence-electron chi connectivity index (χ1n) is 10.9. The van der Waals surface area contributed by atoms with Crippen LogP contribution in [0, 0.1) is 5.41 Å². The van der Waals surface area contributed by atoms with Crippen molar-refractivity contribution >= 4 is 44.4 Å². The summed E-state index contributed by atoms with van der Waals surface area (Å²) in [7, 11) is -1.00. The third kappa shape index (κ3) is 4.99. The van der Waals surface area contributed by atoms with Gasteiger partial charge >= 0.3 is 10.2 Å². The van der Waals surface area contributed by atoms with Crippen molar-refractivity contribution in [2.24, 2.45) is 14.2 Å². The summed E-state index contributed by atoms with van der Waals surface area (Å²) in [6.45, 7) is 6.04. The third-order valence-corrected chi connectivity index (χ3v) is 6.35. The average molecular weight is 498 g/mol. The van der Waals surface area contributed by atoms with Gasteiger partial charge in [-0.1, -0.05) is 32.9 Å². The summed E-state index contributed by atoms with van der Waals surface area (Å²) in [6, 6.07) is 11.8. The van der Waals surface area contributed by atoms with E-state index >= 15 is 0 Å². The molecular weight excluding hydrogens is 470 g/mol. The number of nitrogens with zero attached hydrogens (tertiary/aromatic N) is 3. The molecule has 2 heterocycles. The van der Waals surface area contributed by atoms with E-state index in [2.05, 4.69) is 19.4 Å². The number of benzene rings is 2. The van der Waals surface area contributed by atoms with E-state index in [1.807, 2.05) is 45.0 Å². The first kappa shape index (κ1) is 24.3. The van der Waals surface area contributed by atoms with Crippen molar-refractivity contribution in [1.82, 2.24) is 10.2 Å². The minimum absolute atomic E-state index is 0.000884. The predicted octanol–water partition coefficient (Wildman–Crippen LogP) is 3.68. The van der Waals surface area contributed by atoms with Crippen LogP contribution in [0.25, 0.3) is 11.0 Å². The fourth-order valence-electron chi connectivity index (χ4n) is 3.80. The van der Waals surface area contributed by atoms with Crippen LogP contribution in [-0.2, 0) is 10.2 Å². The number of nitrogens with one attached hydrogen (secondary N) is 2. The van der Waals surface area contributed by atoms with E-state index in [4.69, 9.17) is 4.42 Å². The smallest absolute Gasteiger partial charge is 0.367 e. The Balaban J connectivity index is 1.68. The lowest BCUT2D eigenvalue weighted by molar-refractivity contribution is 0.0824. The van der Waals surface area contributed by atoms with Gasteiger partial charge in [0.1, 0.15) is 5.58 Å². The molecule has 2 aromatic carbocycles. The van der Waals surface area contributed by atoms with Crippen LogP contribution in [0.2, 0.25) is 0 Å². The monoisotopic (exact) mass is 497 g/mol. The minimum Gasteiger partial charge on any atom is -0.505 e. The van der Waals surface area contributed by atoms with Crippen LogP contribution in [0.4, 0.5) is 5.69 Å². The molecule has 11 heteroatoms. The number of aromatic hydroxyl groups is 1.